The maximum Gasteiger partial charge on any atom is 0.266 e. The molecule has 6 nitrogen and oxygen atoms in total. The topological polar surface area (TPSA) is 74.3 Å². The number of hydrogen-bond acceptors (Lipinski definition) is 6. The van der Waals surface area contributed by atoms with Crippen molar-refractivity contribution in [2.45, 2.75) is 55.5 Å². The molecule has 2 aliphatic carbocycles. The first-order valence-corrected chi connectivity index (χ1v) is 13.0. The van der Waals surface area contributed by atoms with E-state index in [9.17, 15) is 12.8 Å². The second-order valence-corrected chi connectivity index (χ2v) is 11.1. The van der Waals surface area contributed by atoms with Crippen LogP contribution in [0.15, 0.2) is 28.6 Å². The van der Waals surface area contributed by atoms with Crippen LogP contribution in [0.1, 0.15) is 38.5 Å². The molecular formula is C20H26ClFN4O2S2. The molecule has 1 heterocycles. The summed E-state index contributed by atoms with van der Waals surface area (Å²) in [5.41, 5.74) is 0.430. The van der Waals surface area contributed by atoms with Gasteiger partial charge in [0.05, 0.1) is 10.7 Å². The van der Waals surface area contributed by atoms with E-state index in [0.717, 1.165) is 43.1 Å². The third kappa shape index (κ3) is 5.07. The molecule has 0 spiro atoms. The molecule has 4 rings (SSSR count). The van der Waals surface area contributed by atoms with Gasteiger partial charge in [0.25, 0.3) is 10.0 Å². The molecule has 0 aliphatic heterocycles. The first kappa shape index (κ1) is 21.8. The molecule has 2 atom stereocenters. The van der Waals surface area contributed by atoms with E-state index in [1.807, 2.05) is 0 Å². The maximum absolute atomic E-state index is 14.8. The monoisotopic (exact) mass is 472 g/mol. The highest BCUT2D eigenvalue weighted by Gasteiger charge is 2.32. The molecule has 1 aromatic carbocycles. The van der Waals surface area contributed by atoms with Crippen LogP contribution in [0.25, 0.3) is 0 Å². The Hall–Kier alpha value is -1.42. The number of sulfonamides is 1. The van der Waals surface area contributed by atoms with E-state index in [1.54, 1.807) is 5.38 Å². The minimum Gasteiger partial charge on any atom is -0.379 e. The molecule has 2 aliphatic rings. The van der Waals surface area contributed by atoms with Crippen LogP contribution in [-0.2, 0) is 10.0 Å². The van der Waals surface area contributed by atoms with Crippen molar-refractivity contribution >= 4 is 43.8 Å². The van der Waals surface area contributed by atoms with Crippen LogP contribution < -0.4 is 10.0 Å². The summed E-state index contributed by atoms with van der Waals surface area (Å²) in [4.78, 5) is 5.80. The van der Waals surface area contributed by atoms with Gasteiger partial charge in [-0.15, -0.1) is 11.3 Å². The molecule has 1 aromatic heterocycles. The summed E-state index contributed by atoms with van der Waals surface area (Å²) in [7, 11) is -1.96. The number of hydrogen-bond donors (Lipinski definition) is 2. The Morgan fingerprint density at radius 1 is 1.27 bits per heavy atom. The number of anilines is 2. The zero-order valence-electron chi connectivity index (χ0n) is 16.8. The van der Waals surface area contributed by atoms with Crippen LogP contribution in [-0.4, -0.2) is 44.0 Å². The standard InChI is InChI=1S/C20H26ClFN4O2S2/c1-26(12-13-6-7-13)18-5-3-2-4-16(18)24-17-11-15(22)19(10-14(17)21)30(27,28)25-20-23-8-9-29-20/h8-11,13,16,18,24H,2-7,12H2,1H3,(H,23,25)/t16-,18-/m0/s1. The highest BCUT2D eigenvalue weighted by Crippen LogP contribution is 2.35. The lowest BCUT2D eigenvalue weighted by Crippen LogP contribution is -2.47. The van der Waals surface area contributed by atoms with E-state index < -0.39 is 20.7 Å². The fourth-order valence-electron chi connectivity index (χ4n) is 4.14. The minimum atomic E-state index is -4.11. The van der Waals surface area contributed by atoms with Crippen molar-refractivity contribution in [1.82, 2.24) is 9.88 Å². The minimum absolute atomic E-state index is 0.148. The number of benzene rings is 1. The van der Waals surface area contributed by atoms with Crippen LogP contribution in [0.3, 0.4) is 0 Å². The van der Waals surface area contributed by atoms with Crippen LogP contribution >= 0.6 is 22.9 Å². The average molecular weight is 473 g/mol. The highest BCUT2D eigenvalue weighted by atomic mass is 35.5. The summed E-state index contributed by atoms with van der Waals surface area (Å²) < 4.78 is 42.2. The van der Waals surface area contributed by atoms with Crippen molar-refractivity contribution in [2.24, 2.45) is 5.92 Å². The van der Waals surface area contributed by atoms with Gasteiger partial charge in [-0.1, -0.05) is 24.4 Å². The maximum atomic E-state index is 14.8. The summed E-state index contributed by atoms with van der Waals surface area (Å²) in [6.45, 7) is 1.09. The van der Waals surface area contributed by atoms with Crippen molar-refractivity contribution in [1.29, 1.82) is 0 Å². The lowest BCUT2D eigenvalue weighted by atomic mass is 9.89. The summed E-state index contributed by atoms with van der Waals surface area (Å²) >= 11 is 7.50. The summed E-state index contributed by atoms with van der Waals surface area (Å²) in [6.07, 6.45) is 8.43. The molecule has 2 aromatic rings. The lowest BCUT2D eigenvalue weighted by Gasteiger charge is -2.39. The molecule has 30 heavy (non-hydrogen) atoms. The fourth-order valence-corrected chi connectivity index (χ4v) is 6.30. The van der Waals surface area contributed by atoms with Gasteiger partial charge in [0, 0.05) is 30.2 Å². The smallest absolute Gasteiger partial charge is 0.266 e. The van der Waals surface area contributed by atoms with Crippen LogP contribution in [0.5, 0.6) is 0 Å². The Morgan fingerprint density at radius 3 is 2.73 bits per heavy atom. The van der Waals surface area contributed by atoms with Crippen LogP contribution in [0.4, 0.5) is 15.2 Å². The van der Waals surface area contributed by atoms with E-state index in [-0.39, 0.29) is 16.2 Å². The average Bonchev–Trinajstić information content (AvgIpc) is 3.37. The number of thiazole rings is 1. The van der Waals surface area contributed by atoms with Crippen LogP contribution in [0, 0.1) is 11.7 Å². The van der Waals surface area contributed by atoms with Gasteiger partial charge in [0.2, 0.25) is 0 Å². The fraction of sp³-hybridized carbons (Fsp3) is 0.550. The van der Waals surface area contributed by atoms with Crippen molar-refractivity contribution in [3.8, 4) is 0 Å². The number of likely N-dealkylation sites (N-methyl/N-ethyl adjacent to an activating group) is 1. The lowest BCUT2D eigenvalue weighted by molar-refractivity contribution is 0.171. The SMILES string of the molecule is CN(CC1CC1)[C@H]1CCCC[C@@H]1Nc1cc(F)c(S(=O)(=O)Nc2nccs2)cc1Cl. The molecule has 0 unspecified atom stereocenters. The second-order valence-electron chi connectivity index (χ2n) is 8.19. The molecule has 164 valence electrons. The molecule has 0 saturated heterocycles. The molecule has 0 bridgehead atoms. The Morgan fingerprint density at radius 2 is 2.03 bits per heavy atom. The van der Waals surface area contributed by atoms with E-state index in [2.05, 4.69) is 27.0 Å². The van der Waals surface area contributed by atoms with Gasteiger partial charge in [0.15, 0.2) is 5.13 Å². The number of aromatic nitrogens is 1. The Balaban J connectivity index is 1.52. The molecular weight excluding hydrogens is 447 g/mol. The molecule has 2 N–H and O–H groups in total. The number of rotatable bonds is 8. The normalized spacial score (nSPS) is 22.3. The van der Waals surface area contributed by atoms with E-state index >= 15 is 0 Å². The van der Waals surface area contributed by atoms with Gasteiger partial charge in [-0.05, 0) is 50.8 Å². The number of nitrogens with one attached hydrogen (secondary N) is 2. The first-order chi connectivity index (χ1) is 14.3. The quantitative estimate of drug-likeness (QED) is 0.577. The third-order valence-electron chi connectivity index (χ3n) is 5.84. The number of halogens is 2. The first-order valence-electron chi connectivity index (χ1n) is 10.2. The van der Waals surface area contributed by atoms with E-state index in [1.165, 1.54) is 37.6 Å². The molecule has 2 fully saturated rings. The van der Waals surface area contributed by atoms with E-state index in [0.29, 0.717) is 11.7 Å². The summed E-state index contributed by atoms with van der Waals surface area (Å²) in [6, 6.07) is 2.86. The van der Waals surface area contributed by atoms with Crippen molar-refractivity contribution in [3.63, 3.8) is 0 Å². The predicted molar refractivity (Wildman–Crippen MR) is 119 cm³/mol. The highest BCUT2D eigenvalue weighted by molar-refractivity contribution is 7.93. The predicted octanol–water partition coefficient (Wildman–Crippen LogP) is 4.80. The van der Waals surface area contributed by atoms with Crippen molar-refractivity contribution < 1.29 is 12.8 Å². The summed E-state index contributed by atoms with van der Waals surface area (Å²) in [5, 5.41) is 5.40. The van der Waals surface area contributed by atoms with Gasteiger partial charge in [-0.2, -0.15) is 0 Å². The Labute approximate surface area is 185 Å². The van der Waals surface area contributed by atoms with E-state index in [4.69, 9.17) is 11.6 Å². The van der Waals surface area contributed by atoms with Crippen LogP contribution in [0.2, 0.25) is 5.02 Å². The molecule has 2 saturated carbocycles. The van der Waals surface area contributed by atoms with Gasteiger partial charge in [-0.25, -0.2) is 17.8 Å². The van der Waals surface area contributed by atoms with Gasteiger partial charge < -0.3 is 10.2 Å². The number of nitrogens with zero attached hydrogens (tertiary/aromatic N) is 2. The Bertz CT molecular complexity index is 983. The van der Waals surface area contributed by atoms with Gasteiger partial charge >= 0.3 is 0 Å². The molecule has 0 radical (unpaired) electrons. The Kier molecular flexibility index (Phi) is 6.53. The summed E-state index contributed by atoms with van der Waals surface area (Å²) in [5.74, 6) is -0.0434. The zero-order chi connectivity index (χ0) is 21.3. The van der Waals surface area contributed by atoms with Crippen molar-refractivity contribution in [2.75, 3.05) is 23.6 Å². The molecule has 10 heteroatoms. The third-order valence-corrected chi connectivity index (χ3v) is 8.33. The zero-order valence-corrected chi connectivity index (χ0v) is 19.2. The largest absolute Gasteiger partial charge is 0.379 e. The second kappa shape index (κ2) is 8.98. The van der Waals surface area contributed by atoms with Gasteiger partial charge in [-0.3, -0.25) is 4.72 Å². The van der Waals surface area contributed by atoms with Crippen molar-refractivity contribution in [3.05, 3.63) is 34.5 Å². The molecule has 0 amide bonds. The van der Waals surface area contributed by atoms with Gasteiger partial charge in [0.1, 0.15) is 10.7 Å².